The molecule has 1 atom stereocenters. The number of rotatable bonds is 5. The molecular weight excluding hydrogens is 294 g/mol. The van der Waals surface area contributed by atoms with Crippen LogP contribution in [0.5, 0.6) is 0 Å². The molecule has 2 aromatic rings. The minimum Gasteiger partial charge on any atom is -0.378 e. The van der Waals surface area contributed by atoms with E-state index in [0.29, 0.717) is 0 Å². The van der Waals surface area contributed by atoms with Crippen molar-refractivity contribution in [1.82, 2.24) is 15.1 Å². The van der Waals surface area contributed by atoms with E-state index in [1.54, 1.807) is 6.33 Å². The standard InChI is InChI=1S/C16H23N5O2/c1-4-13(16-11(2)20-23-12(16)3)19-14-9-15(18-10-17-14)21-5-7-22-8-6-21/h9-10,13H,4-8H2,1-3H3,(H,17,18,19). The van der Waals surface area contributed by atoms with Gasteiger partial charge in [-0.25, -0.2) is 9.97 Å². The maximum Gasteiger partial charge on any atom is 0.139 e. The van der Waals surface area contributed by atoms with E-state index in [1.165, 1.54) is 0 Å². The molecule has 124 valence electrons. The molecule has 0 amide bonds. The number of morpholine rings is 1. The quantitative estimate of drug-likeness (QED) is 0.907. The molecule has 1 saturated heterocycles. The maximum absolute atomic E-state index is 5.39. The van der Waals surface area contributed by atoms with Gasteiger partial charge in [-0.2, -0.15) is 0 Å². The van der Waals surface area contributed by atoms with Crippen molar-refractivity contribution in [2.24, 2.45) is 0 Å². The third-order valence-electron chi connectivity index (χ3n) is 4.16. The molecule has 1 fully saturated rings. The van der Waals surface area contributed by atoms with E-state index in [0.717, 1.165) is 61.4 Å². The van der Waals surface area contributed by atoms with Crippen LogP contribution in [0.25, 0.3) is 0 Å². The second-order valence-electron chi connectivity index (χ2n) is 5.70. The van der Waals surface area contributed by atoms with Crippen molar-refractivity contribution in [3.05, 3.63) is 29.4 Å². The summed E-state index contributed by atoms with van der Waals surface area (Å²) < 4.78 is 10.7. The highest BCUT2D eigenvalue weighted by molar-refractivity contribution is 5.50. The molecule has 0 aromatic carbocycles. The number of hydrogen-bond donors (Lipinski definition) is 1. The SMILES string of the molecule is CCC(Nc1cc(N2CCOCC2)ncn1)c1c(C)noc1C. The highest BCUT2D eigenvalue weighted by Crippen LogP contribution is 2.28. The number of anilines is 2. The predicted molar refractivity (Wildman–Crippen MR) is 87.7 cm³/mol. The second kappa shape index (κ2) is 6.95. The monoisotopic (exact) mass is 317 g/mol. The summed E-state index contributed by atoms with van der Waals surface area (Å²) in [5, 5.41) is 7.53. The van der Waals surface area contributed by atoms with Crippen LogP contribution >= 0.6 is 0 Å². The summed E-state index contributed by atoms with van der Waals surface area (Å²) in [6.45, 7) is 9.24. The molecule has 1 N–H and O–H groups in total. The van der Waals surface area contributed by atoms with Gasteiger partial charge in [0, 0.05) is 24.7 Å². The minimum atomic E-state index is 0.119. The van der Waals surface area contributed by atoms with Gasteiger partial charge in [-0.15, -0.1) is 0 Å². The molecule has 7 heteroatoms. The minimum absolute atomic E-state index is 0.119. The Morgan fingerprint density at radius 2 is 2.04 bits per heavy atom. The lowest BCUT2D eigenvalue weighted by molar-refractivity contribution is 0.122. The molecule has 3 rings (SSSR count). The molecule has 0 bridgehead atoms. The van der Waals surface area contributed by atoms with Crippen LogP contribution in [-0.4, -0.2) is 41.4 Å². The van der Waals surface area contributed by atoms with Crippen molar-refractivity contribution in [3.63, 3.8) is 0 Å². The third-order valence-corrected chi connectivity index (χ3v) is 4.16. The van der Waals surface area contributed by atoms with Gasteiger partial charge in [-0.1, -0.05) is 12.1 Å². The topological polar surface area (TPSA) is 76.3 Å². The maximum atomic E-state index is 5.39. The van der Waals surface area contributed by atoms with Gasteiger partial charge in [-0.05, 0) is 20.3 Å². The number of nitrogens with one attached hydrogen (secondary N) is 1. The van der Waals surface area contributed by atoms with Crippen LogP contribution in [-0.2, 0) is 4.74 Å². The number of ether oxygens (including phenoxy) is 1. The Morgan fingerprint density at radius 1 is 1.26 bits per heavy atom. The summed E-state index contributed by atoms with van der Waals surface area (Å²) in [5.74, 6) is 2.59. The zero-order chi connectivity index (χ0) is 16.2. The molecule has 1 aliphatic heterocycles. The highest BCUT2D eigenvalue weighted by atomic mass is 16.5. The molecule has 0 spiro atoms. The Hall–Kier alpha value is -2.15. The van der Waals surface area contributed by atoms with E-state index in [-0.39, 0.29) is 6.04 Å². The van der Waals surface area contributed by atoms with Gasteiger partial charge >= 0.3 is 0 Å². The first kappa shape index (κ1) is 15.7. The average molecular weight is 317 g/mol. The van der Waals surface area contributed by atoms with Crippen molar-refractivity contribution in [3.8, 4) is 0 Å². The van der Waals surface area contributed by atoms with Crippen LogP contribution in [0.4, 0.5) is 11.6 Å². The molecule has 0 aliphatic carbocycles. The van der Waals surface area contributed by atoms with Crippen LogP contribution < -0.4 is 10.2 Å². The fraction of sp³-hybridized carbons (Fsp3) is 0.562. The van der Waals surface area contributed by atoms with E-state index in [2.05, 4.69) is 32.3 Å². The summed E-state index contributed by atoms with van der Waals surface area (Å²) in [6, 6.07) is 2.11. The smallest absolute Gasteiger partial charge is 0.139 e. The zero-order valence-electron chi connectivity index (χ0n) is 13.9. The fourth-order valence-corrected chi connectivity index (χ4v) is 2.94. The van der Waals surface area contributed by atoms with E-state index in [9.17, 15) is 0 Å². The van der Waals surface area contributed by atoms with E-state index in [4.69, 9.17) is 9.26 Å². The number of aryl methyl sites for hydroxylation is 2. The Bertz CT molecular complexity index is 632. The zero-order valence-corrected chi connectivity index (χ0v) is 13.9. The van der Waals surface area contributed by atoms with Gasteiger partial charge in [0.05, 0.1) is 24.9 Å². The number of nitrogens with zero attached hydrogens (tertiary/aromatic N) is 4. The Morgan fingerprint density at radius 3 is 2.70 bits per heavy atom. The first-order chi connectivity index (χ1) is 11.2. The highest BCUT2D eigenvalue weighted by Gasteiger charge is 2.20. The van der Waals surface area contributed by atoms with Crippen molar-refractivity contribution in [1.29, 1.82) is 0 Å². The first-order valence-corrected chi connectivity index (χ1v) is 8.03. The van der Waals surface area contributed by atoms with Crippen molar-refractivity contribution < 1.29 is 9.26 Å². The van der Waals surface area contributed by atoms with Gasteiger partial charge in [0.25, 0.3) is 0 Å². The summed E-state index contributed by atoms with van der Waals surface area (Å²) in [6.07, 6.45) is 2.52. The van der Waals surface area contributed by atoms with Crippen molar-refractivity contribution in [2.75, 3.05) is 36.5 Å². The summed E-state index contributed by atoms with van der Waals surface area (Å²) in [4.78, 5) is 11.0. The Balaban J connectivity index is 1.78. The Kier molecular flexibility index (Phi) is 4.76. The Labute approximate surface area is 136 Å². The van der Waals surface area contributed by atoms with E-state index < -0.39 is 0 Å². The van der Waals surface area contributed by atoms with Gasteiger partial charge < -0.3 is 19.5 Å². The van der Waals surface area contributed by atoms with Gasteiger partial charge in [-0.3, -0.25) is 0 Å². The molecular formula is C16H23N5O2. The van der Waals surface area contributed by atoms with Gasteiger partial charge in [0.1, 0.15) is 23.7 Å². The summed E-state index contributed by atoms with van der Waals surface area (Å²) >= 11 is 0. The van der Waals surface area contributed by atoms with Crippen LogP contribution in [0.1, 0.15) is 36.4 Å². The molecule has 7 nitrogen and oxygen atoms in total. The third kappa shape index (κ3) is 3.44. The molecule has 0 radical (unpaired) electrons. The molecule has 2 aromatic heterocycles. The van der Waals surface area contributed by atoms with Crippen LogP contribution in [0.15, 0.2) is 16.9 Å². The van der Waals surface area contributed by atoms with Crippen LogP contribution in [0.3, 0.4) is 0 Å². The molecule has 3 heterocycles. The lowest BCUT2D eigenvalue weighted by Gasteiger charge is -2.28. The molecule has 23 heavy (non-hydrogen) atoms. The second-order valence-corrected chi connectivity index (χ2v) is 5.70. The summed E-state index contributed by atoms with van der Waals surface area (Å²) in [7, 11) is 0. The number of hydrogen-bond acceptors (Lipinski definition) is 7. The molecule has 1 aliphatic rings. The predicted octanol–water partition coefficient (Wildman–Crippen LogP) is 2.48. The van der Waals surface area contributed by atoms with Crippen LogP contribution in [0, 0.1) is 13.8 Å². The number of aromatic nitrogens is 3. The van der Waals surface area contributed by atoms with Crippen molar-refractivity contribution in [2.45, 2.75) is 33.2 Å². The first-order valence-electron chi connectivity index (χ1n) is 8.03. The molecule has 0 saturated carbocycles. The lowest BCUT2D eigenvalue weighted by atomic mass is 10.0. The summed E-state index contributed by atoms with van der Waals surface area (Å²) in [5.41, 5.74) is 2.03. The fourth-order valence-electron chi connectivity index (χ4n) is 2.94. The average Bonchev–Trinajstić information content (AvgIpc) is 2.93. The molecule has 1 unspecified atom stereocenters. The van der Waals surface area contributed by atoms with Crippen LogP contribution in [0.2, 0.25) is 0 Å². The van der Waals surface area contributed by atoms with Gasteiger partial charge in [0.2, 0.25) is 0 Å². The van der Waals surface area contributed by atoms with Crippen molar-refractivity contribution >= 4 is 11.6 Å². The largest absolute Gasteiger partial charge is 0.378 e. The normalized spacial score (nSPS) is 16.4. The van der Waals surface area contributed by atoms with E-state index >= 15 is 0 Å². The van der Waals surface area contributed by atoms with Gasteiger partial charge in [0.15, 0.2) is 0 Å². The van der Waals surface area contributed by atoms with E-state index in [1.807, 2.05) is 19.9 Å². The lowest BCUT2D eigenvalue weighted by Crippen LogP contribution is -2.36.